The van der Waals surface area contributed by atoms with E-state index in [1.807, 2.05) is 40.7 Å². The zero-order valence-electron chi connectivity index (χ0n) is 21.3. The summed E-state index contributed by atoms with van der Waals surface area (Å²) in [5.74, 6) is -0.101. The first-order valence-corrected chi connectivity index (χ1v) is 13.6. The molecule has 0 bridgehead atoms. The Labute approximate surface area is 208 Å². The Kier molecular flexibility index (Phi) is 7.89. The number of carbonyl (C=O) groups excluding carboxylic acids is 2. The van der Waals surface area contributed by atoms with Crippen LogP contribution in [0.3, 0.4) is 0 Å². The molecule has 1 atom stereocenters. The minimum absolute atomic E-state index is 0.0433. The van der Waals surface area contributed by atoms with Crippen molar-refractivity contribution in [3.8, 4) is 0 Å². The molecule has 3 rings (SSSR count). The highest BCUT2D eigenvalue weighted by molar-refractivity contribution is 7.91. The Morgan fingerprint density at radius 3 is 2.43 bits per heavy atom. The standard InChI is InChI=1S/C26H35N3O5S/c1-7-35(32,33)21-10-8-18(9-11-21)15-28-24(30)20-14-19-12-13-29(25(31)34-26(4,5)6)23(17(2)3)22(19)27-16-20/h8-11,14,16-17,23H,7,12-13,15H2,1-6H3,(H,28,30). The molecule has 1 aliphatic rings. The molecule has 1 aromatic carbocycles. The number of aromatic nitrogens is 1. The molecule has 35 heavy (non-hydrogen) atoms. The molecule has 2 heterocycles. The number of hydrogen-bond donors (Lipinski definition) is 1. The van der Waals surface area contributed by atoms with Crippen LogP contribution in [0.4, 0.5) is 4.79 Å². The average Bonchev–Trinajstić information content (AvgIpc) is 2.80. The van der Waals surface area contributed by atoms with E-state index in [-0.39, 0.29) is 41.2 Å². The summed E-state index contributed by atoms with van der Waals surface area (Å²) in [7, 11) is -3.26. The molecule has 0 aliphatic carbocycles. The number of benzene rings is 1. The number of nitrogens with one attached hydrogen (secondary N) is 1. The molecule has 190 valence electrons. The van der Waals surface area contributed by atoms with E-state index in [2.05, 4.69) is 10.3 Å². The SMILES string of the molecule is CCS(=O)(=O)c1ccc(CNC(=O)c2cnc3c(c2)CCN(C(=O)OC(C)(C)C)C3C(C)C)cc1. The Bertz CT molecular complexity index is 1180. The van der Waals surface area contributed by atoms with Crippen molar-refractivity contribution < 1.29 is 22.7 Å². The fraction of sp³-hybridized carbons (Fsp3) is 0.500. The van der Waals surface area contributed by atoms with E-state index >= 15 is 0 Å². The molecule has 2 aromatic rings. The zero-order chi connectivity index (χ0) is 26.0. The van der Waals surface area contributed by atoms with Gasteiger partial charge in [0, 0.05) is 19.3 Å². The second kappa shape index (κ2) is 10.4. The van der Waals surface area contributed by atoms with Gasteiger partial charge in [0.05, 0.1) is 27.9 Å². The van der Waals surface area contributed by atoms with E-state index in [0.717, 1.165) is 16.8 Å². The first kappa shape index (κ1) is 26.7. The van der Waals surface area contributed by atoms with Gasteiger partial charge >= 0.3 is 6.09 Å². The Balaban J connectivity index is 1.72. The lowest BCUT2D eigenvalue weighted by Gasteiger charge is -2.39. The summed E-state index contributed by atoms with van der Waals surface area (Å²) >= 11 is 0. The van der Waals surface area contributed by atoms with Crippen molar-refractivity contribution in [1.29, 1.82) is 0 Å². The highest BCUT2D eigenvalue weighted by Crippen LogP contribution is 2.35. The number of sulfone groups is 1. The smallest absolute Gasteiger partial charge is 0.410 e. The van der Waals surface area contributed by atoms with Crippen LogP contribution in [0, 0.1) is 5.92 Å². The molecule has 1 unspecified atom stereocenters. The van der Waals surface area contributed by atoms with E-state index in [4.69, 9.17) is 4.74 Å². The van der Waals surface area contributed by atoms with Crippen LogP contribution in [-0.2, 0) is 27.5 Å². The largest absolute Gasteiger partial charge is 0.444 e. The number of rotatable bonds is 6. The van der Waals surface area contributed by atoms with Gasteiger partial charge < -0.3 is 10.1 Å². The fourth-order valence-corrected chi connectivity index (χ4v) is 4.99. The highest BCUT2D eigenvalue weighted by Gasteiger charge is 2.36. The van der Waals surface area contributed by atoms with Crippen molar-refractivity contribution in [2.75, 3.05) is 12.3 Å². The third-order valence-corrected chi connectivity index (χ3v) is 7.63. The minimum Gasteiger partial charge on any atom is -0.444 e. The van der Waals surface area contributed by atoms with E-state index in [9.17, 15) is 18.0 Å². The summed E-state index contributed by atoms with van der Waals surface area (Å²) < 4.78 is 29.5. The van der Waals surface area contributed by atoms with E-state index in [1.54, 1.807) is 42.3 Å². The average molecular weight is 502 g/mol. The van der Waals surface area contributed by atoms with Crippen LogP contribution in [0.15, 0.2) is 41.4 Å². The molecule has 1 aromatic heterocycles. The molecule has 1 aliphatic heterocycles. The summed E-state index contributed by atoms with van der Waals surface area (Å²) in [6.07, 6.45) is 1.77. The predicted octanol–water partition coefficient (Wildman–Crippen LogP) is 4.30. The van der Waals surface area contributed by atoms with Crippen LogP contribution < -0.4 is 5.32 Å². The van der Waals surface area contributed by atoms with Gasteiger partial charge in [0.1, 0.15) is 5.60 Å². The minimum atomic E-state index is -3.26. The van der Waals surface area contributed by atoms with Gasteiger partial charge in [-0.2, -0.15) is 0 Å². The molecule has 0 spiro atoms. The number of ether oxygens (including phenoxy) is 1. The summed E-state index contributed by atoms with van der Waals surface area (Å²) in [4.78, 5) is 32.2. The molecular weight excluding hydrogens is 466 g/mol. The Morgan fingerprint density at radius 2 is 1.86 bits per heavy atom. The number of hydrogen-bond acceptors (Lipinski definition) is 6. The molecule has 9 heteroatoms. The summed E-state index contributed by atoms with van der Waals surface area (Å²) in [5, 5.41) is 2.87. The first-order valence-electron chi connectivity index (χ1n) is 11.9. The third-order valence-electron chi connectivity index (χ3n) is 5.88. The molecular formula is C26H35N3O5S. The van der Waals surface area contributed by atoms with E-state index in [1.165, 1.54) is 0 Å². The Hall–Kier alpha value is -2.94. The molecule has 0 fully saturated rings. The number of amides is 2. The van der Waals surface area contributed by atoms with Crippen molar-refractivity contribution in [2.24, 2.45) is 5.92 Å². The van der Waals surface area contributed by atoms with Gasteiger partial charge in [0.15, 0.2) is 9.84 Å². The fourth-order valence-electron chi connectivity index (χ4n) is 4.11. The molecule has 2 amide bonds. The second-order valence-electron chi connectivity index (χ2n) is 10.1. The van der Waals surface area contributed by atoms with Crippen LogP contribution >= 0.6 is 0 Å². The van der Waals surface area contributed by atoms with Gasteiger partial charge in [-0.1, -0.05) is 32.9 Å². The number of pyridine rings is 1. The topological polar surface area (TPSA) is 106 Å². The lowest BCUT2D eigenvalue weighted by atomic mass is 9.90. The quantitative estimate of drug-likeness (QED) is 0.633. The third kappa shape index (κ3) is 6.39. The second-order valence-corrected chi connectivity index (χ2v) is 12.4. The summed E-state index contributed by atoms with van der Waals surface area (Å²) in [6, 6.07) is 8.13. The lowest BCUT2D eigenvalue weighted by Crippen LogP contribution is -2.45. The van der Waals surface area contributed by atoms with Crippen LogP contribution in [0.5, 0.6) is 0 Å². The van der Waals surface area contributed by atoms with E-state index < -0.39 is 15.4 Å². The zero-order valence-corrected chi connectivity index (χ0v) is 22.1. The van der Waals surface area contributed by atoms with Gasteiger partial charge in [-0.3, -0.25) is 14.7 Å². The number of fused-ring (bicyclic) bond motifs is 1. The van der Waals surface area contributed by atoms with Crippen molar-refractivity contribution >= 4 is 21.8 Å². The van der Waals surface area contributed by atoms with Crippen LogP contribution in [0.1, 0.15) is 74.8 Å². The normalized spacial score (nSPS) is 16.1. The summed E-state index contributed by atoms with van der Waals surface area (Å²) in [6.45, 7) is 12.0. The maximum absolute atomic E-state index is 12.8. The predicted molar refractivity (Wildman–Crippen MR) is 134 cm³/mol. The molecule has 0 radical (unpaired) electrons. The Morgan fingerprint density at radius 1 is 1.20 bits per heavy atom. The summed E-state index contributed by atoms with van der Waals surface area (Å²) in [5.41, 5.74) is 2.40. The maximum atomic E-state index is 12.8. The van der Waals surface area contributed by atoms with E-state index in [0.29, 0.717) is 18.5 Å². The van der Waals surface area contributed by atoms with Crippen molar-refractivity contribution in [3.63, 3.8) is 0 Å². The van der Waals surface area contributed by atoms with Gasteiger partial charge in [-0.05, 0) is 62.4 Å². The van der Waals surface area contributed by atoms with Crippen molar-refractivity contribution in [1.82, 2.24) is 15.2 Å². The maximum Gasteiger partial charge on any atom is 0.410 e. The molecule has 0 saturated heterocycles. The number of carbonyl (C=O) groups is 2. The van der Waals surface area contributed by atoms with Gasteiger partial charge in [-0.25, -0.2) is 13.2 Å². The van der Waals surface area contributed by atoms with Crippen LogP contribution in [0.2, 0.25) is 0 Å². The van der Waals surface area contributed by atoms with Crippen molar-refractivity contribution in [3.05, 3.63) is 58.9 Å². The van der Waals surface area contributed by atoms with Gasteiger partial charge in [0.2, 0.25) is 0 Å². The monoisotopic (exact) mass is 501 g/mol. The van der Waals surface area contributed by atoms with Gasteiger partial charge in [0.25, 0.3) is 5.91 Å². The van der Waals surface area contributed by atoms with Crippen molar-refractivity contribution in [2.45, 2.75) is 71.0 Å². The lowest BCUT2D eigenvalue weighted by molar-refractivity contribution is 0.00807. The van der Waals surface area contributed by atoms with Crippen LogP contribution in [-0.4, -0.2) is 48.2 Å². The van der Waals surface area contributed by atoms with Gasteiger partial charge in [-0.15, -0.1) is 0 Å². The number of nitrogens with zero attached hydrogens (tertiary/aromatic N) is 2. The molecule has 8 nitrogen and oxygen atoms in total. The molecule has 0 saturated carbocycles. The van der Waals surface area contributed by atoms with Crippen LogP contribution in [0.25, 0.3) is 0 Å². The molecule has 1 N–H and O–H groups in total. The highest BCUT2D eigenvalue weighted by atomic mass is 32.2. The first-order chi connectivity index (χ1) is 16.3.